The second kappa shape index (κ2) is 6.93. The van der Waals surface area contributed by atoms with Crippen molar-refractivity contribution in [3.63, 3.8) is 0 Å². The molecule has 3 aliphatic rings. The summed E-state index contributed by atoms with van der Waals surface area (Å²) in [5.74, 6) is 0.0670. The average molecular weight is 327 g/mol. The van der Waals surface area contributed by atoms with Crippen molar-refractivity contribution < 1.29 is 9.63 Å². The van der Waals surface area contributed by atoms with Gasteiger partial charge in [-0.15, -0.1) is 0 Å². The number of carbonyl (C=O) groups excluding carboxylic acids is 1. The van der Waals surface area contributed by atoms with E-state index in [0.29, 0.717) is 18.2 Å². The molecule has 2 fully saturated rings. The fraction of sp³-hybridized carbons (Fsp3) is 0.579. The highest BCUT2D eigenvalue weighted by molar-refractivity contribution is 6.39. The van der Waals surface area contributed by atoms with Crippen LogP contribution >= 0.6 is 0 Å². The molecule has 2 saturated heterocycles. The SMILES string of the molecule is O=C(C1=NOC(c2ccccc2)C1)N1CCCC(N2CCCC2)C1. The summed E-state index contributed by atoms with van der Waals surface area (Å²) in [6, 6.07) is 10.5. The molecule has 0 saturated carbocycles. The summed E-state index contributed by atoms with van der Waals surface area (Å²) in [6.07, 6.45) is 5.34. The van der Waals surface area contributed by atoms with E-state index in [1.54, 1.807) is 0 Å². The minimum Gasteiger partial charge on any atom is -0.387 e. The van der Waals surface area contributed by atoms with E-state index in [1.807, 2.05) is 35.2 Å². The van der Waals surface area contributed by atoms with Crippen LogP contribution in [-0.4, -0.2) is 53.6 Å². The first-order valence-electron chi connectivity index (χ1n) is 9.12. The third-order valence-corrected chi connectivity index (χ3v) is 5.43. The Labute approximate surface area is 143 Å². The Bertz CT molecular complexity index is 610. The minimum absolute atomic E-state index is 0.0670. The molecule has 3 heterocycles. The van der Waals surface area contributed by atoms with Crippen molar-refractivity contribution in [2.45, 2.75) is 44.2 Å². The first-order chi connectivity index (χ1) is 11.8. The molecule has 1 aromatic rings. The quantitative estimate of drug-likeness (QED) is 0.857. The summed E-state index contributed by atoms with van der Waals surface area (Å²) in [4.78, 5) is 22.9. The highest BCUT2D eigenvalue weighted by atomic mass is 16.6. The van der Waals surface area contributed by atoms with Crippen molar-refractivity contribution in [1.82, 2.24) is 9.80 Å². The number of amides is 1. The lowest BCUT2D eigenvalue weighted by Crippen LogP contribution is -2.50. The number of oxime groups is 1. The summed E-state index contributed by atoms with van der Waals surface area (Å²) < 4.78 is 0. The van der Waals surface area contributed by atoms with E-state index in [9.17, 15) is 4.79 Å². The van der Waals surface area contributed by atoms with Crippen molar-refractivity contribution >= 4 is 11.6 Å². The molecule has 128 valence electrons. The molecule has 0 N–H and O–H groups in total. The van der Waals surface area contributed by atoms with Gasteiger partial charge in [-0.1, -0.05) is 35.5 Å². The zero-order valence-electron chi connectivity index (χ0n) is 14.1. The first-order valence-corrected chi connectivity index (χ1v) is 9.12. The van der Waals surface area contributed by atoms with Crippen LogP contribution in [0.15, 0.2) is 35.5 Å². The summed E-state index contributed by atoms with van der Waals surface area (Å²) in [5.41, 5.74) is 1.66. The van der Waals surface area contributed by atoms with E-state index in [-0.39, 0.29) is 12.0 Å². The largest absolute Gasteiger partial charge is 0.387 e. The van der Waals surface area contributed by atoms with Gasteiger partial charge >= 0.3 is 0 Å². The minimum atomic E-state index is -0.121. The van der Waals surface area contributed by atoms with E-state index in [0.717, 1.165) is 25.1 Å². The van der Waals surface area contributed by atoms with Crippen molar-refractivity contribution in [2.24, 2.45) is 5.16 Å². The molecular weight excluding hydrogens is 302 g/mol. The average Bonchev–Trinajstić information content (AvgIpc) is 3.34. The van der Waals surface area contributed by atoms with Gasteiger partial charge in [-0.3, -0.25) is 9.69 Å². The van der Waals surface area contributed by atoms with E-state index >= 15 is 0 Å². The molecule has 3 aliphatic heterocycles. The topological polar surface area (TPSA) is 45.1 Å². The highest BCUT2D eigenvalue weighted by Gasteiger charge is 2.34. The van der Waals surface area contributed by atoms with Crippen LogP contribution in [0, 0.1) is 0 Å². The number of nitrogens with zero attached hydrogens (tertiary/aromatic N) is 3. The van der Waals surface area contributed by atoms with Crippen LogP contribution in [0.4, 0.5) is 0 Å². The van der Waals surface area contributed by atoms with Crippen molar-refractivity contribution in [3.05, 3.63) is 35.9 Å². The molecule has 24 heavy (non-hydrogen) atoms. The molecule has 4 rings (SSSR count). The van der Waals surface area contributed by atoms with E-state index in [2.05, 4.69) is 10.1 Å². The molecule has 0 bridgehead atoms. The third kappa shape index (κ3) is 3.18. The lowest BCUT2D eigenvalue weighted by atomic mass is 10.0. The van der Waals surface area contributed by atoms with Gasteiger partial charge in [-0.05, 0) is 44.3 Å². The van der Waals surface area contributed by atoms with Crippen LogP contribution in [0.2, 0.25) is 0 Å². The van der Waals surface area contributed by atoms with Crippen LogP contribution in [0.3, 0.4) is 0 Å². The number of rotatable bonds is 3. The van der Waals surface area contributed by atoms with Gasteiger partial charge in [0.25, 0.3) is 5.91 Å². The molecular formula is C19H25N3O2. The van der Waals surface area contributed by atoms with Crippen molar-refractivity contribution in [3.8, 4) is 0 Å². The number of hydrogen-bond donors (Lipinski definition) is 0. The Morgan fingerprint density at radius 2 is 1.88 bits per heavy atom. The third-order valence-electron chi connectivity index (χ3n) is 5.43. The van der Waals surface area contributed by atoms with Crippen LogP contribution in [0.5, 0.6) is 0 Å². The van der Waals surface area contributed by atoms with Gasteiger partial charge in [0.15, 0.2) is 6.10 Å². The van der Waals surface area contributed by atoms with E-state index in [1.165, 1.54) is 32.4 Å². The summed E-state index contributed by atoms with van der Waals surface area (Å²) in [7, 11) is 0. The van der Waals surface area contributed by atoms with Crippen LogP contribution in [0.25, 0.3) is 0 Å². The Kier molecular flexibility index (Phi) is 4.52. The predicted molar refractivity (Wildman–Crippen MR) is 92.7 cm³/mol. The van der Waals surface area contributed by atoms with Gasteiger partial charge in [-0.25, -0.2) is 0 Å². The molecule has 0 spiro atoms. The van der Waals surface area contributed by atoms with Gasteiger partial charge < -0.3 is 9.74 Å². The molecule has 1 aromatic carbocycles. The molecule has 2 atom stereocenters. The Hall–Kier alpha value is -1.88. The van der Waals surface area contributed by atoms with Gasteiger partial charge in [0.1, 0.15) is 5.71 Å². The highest BCUT2D eigenvalue weighted by Crippen LogP contribution is 2.28. The fourth-order valence-corrected chi connectivity index (χ4v) is 4.08. The standard InChI is InChI=1S/C19H25N3O2/c23-19(17-13-18(24-20-17)15-7-2-1-3-8-15)22-12-6-9-16(14-22)21-10-4-5-11-21/h1-3,7-8,16,18H,4-6,9-14H2. The molecule has 1 amide bonds. The maximum Gasteiger partial charge on any atom is 0.271 e. The van der Waals surface area contributed by atoms with Gasteiger partial charge in [0.2, 0.25) is 0 Å². The van der Waals surface area contributed by atoms with Gasteiger partial charge in [0, 0.05) is 25.6 Å². The Morgan fingerprint density at radius 1 is 1.08 bits per heavy atom. The number of benzene rings is 1. The van der Waals surface area contributed by atoms with Crippen molar-refractivity contribution in [1.29, 1.82) is 0 Å². The summed E-state index contributed by atoms with van der Waals surface area (Å²) in [5, 5.41) is 4.10. The normalized spacial score (nSPS) is 27.8. The monoisotopic (exact) mass is 327 g/mol. The maximum atomic E-state index is 12.8. The van der Waals surface area contributed by atoms with Crippen molar-refractivity contribution in [2.75, 3.05) is 26.2 Å². The smallest absolute Gasteiger partial charge is 0.271 e. The molecule has 0 aliphatic carbocycles. The predicted octanol–water partition coefficient (Wildman–Crippen LogP) is 2.59. The van der Waals surface area contributed by atoms with Gasteiger partial charge in [-0.2, -0.15) is 0 Å². The Morgan fingerprint density at radius 3 is 2.67 bits per heavy atom. The fourth-order valence-electron chi connectivity index (χ4n) is 4.08. The second-order valence-corrected chi connectivity index (χ2v) is 7.04. The molecule has 5 nitrogen and oxygen atoms in total. The number of hydrogen-bond acceptors (Lipinski definition) is 4. The number of likely N-dealkylation sites (tertiary alicyclic amines) is 2. The molecule has 5 heteroatoms. The van der Waals surface area contributed by atoms with E-state index in [4.69, 9.17) is 4.84 Å². The maximum absolute atomic E-state index is 12.8. The Balaban J connectivity index is 1.37. The number of carbonyl (C=O) groups is 1. The van der Waals surface area contributed by atoms with Gasteiger partial charge in [0.05, 0.1) is 0 Å². The van der Waals surface area contributed by atoms with Crippen LogP contribution < -0.4 is 0 Å². The summed E-state index contributed by atoms with van der Waals surface area (Å²) in [6.45, 7) is 4.06. The van der Waals surface area contributed by atoms with Crippen LogP contribution in [0.1, 0.15) is 43.8 Å². The lowest BCUT2D eigenvalue weighted by Gasteiger charge is -2.37. The molecule has 0 radical (unpaired) electrons. The molecule has 0 aromatic heterocycles. The number of piperidine rings is 1. The van der Waals surface area contributed by atoms with Crippen LogP contribution in [-0.2, 0) is 9.63 Å². The zero-order chi connectivity index (χ0) is 16.4. The summed E-state index contributed by atoms with van der Waals surface area (Å²) >= 11 is 0. The second-order valence-electron chi connectivity index (χ2n) is 7.04. The van der Waals surface area contributed by atoms with E-state index < -0.39 is 0 Å². The zero-order valence-corrected chi connectivity index (χ0v) is 14.1. The molecule has 2 unspecified atom stereocenters. The lowest BCUT2D eigenvalue weighted by molar-refractivity contribution is -0.126. The first kappa shape index (κ1) is 15.6.